The molecule has 1 amide bonds. The summed E-state index contributed by atoms with van der Waals surface area (Å²) >= 11 is 0. The molecule has 5 rings (SSSR count). The first-order valence-electron chi connectivity index (χ1n) is 10.9. The summed E-state index contributed by atoms with van der Waals surface area (Å²) in [4.78, 5) is 27.1. The van der Waals surface area contributed by atoms with Crippen LogP contribution in [-0.2, 0) is 11.0 Å². The van der Waals surface area contributed by atoms with Gasteiger partial charge in [0.2, 0.25) is 11.9 Å². The highest BCUT2D eigenvalue weighted by atomic mass is 19.4. The van der Waals surface area contributed by atoms with Crippen LogP contribution in [-0.4, -0.2) is 70.5 Å². The number of amides is 1. The average Bonchev–Trinajstić information content (AvgIpc) is 3.37. The van der Waals surface area contributed by atoms with Crippen LogP contribution < -0.4 is 4.90 Å². The zero-order valence-corrected chi connectivity index (χ0v) is 17.8. The predicted molar refractivity (Wildman–Crippen MR) is 114 cm³/mol. The third-order valence-electron chi connectivity index (χ3n) is 6.59. The molecule has 1 aromatic carbocycles. The van der Waals surface area contributed by atoms with Crippen molar-refractivity contribution in [3.8, 4) is 0 Å². The normalized spacial score (nSPS) is 23.2. The molecule has 174 valence electrons. The molecule has 2 unspecified atom stereocenters. The number of hydrogen-bond acceptors (Lipinski definition) is 5. The first-order chi connectivity index (χ1) is 15.8. The maximum Gasteiger partial charge on any atom is 0.416 e. The van der Waals surface area contributed by atoms with Crippen molar-refractivity contribution in [2.24, 2.45) is 0 Å². The van der Waals surface area contributed by atoms with Crippen molar-refractivity contribution in [3.05, 3.63) is 59.7 Å². The van der Waals surface area contributed by atoms with E-state index in [0.717, 1.165) is 30.5 Å². The van der Waals surface area contributed by atoms with E-state index in [1.807, 2.05) is 6.08 Å². The molecule has 0 aliphatic carbocycles. The van der Waals surface area contributed by atoms with E-state index in [-0.39, 0.29) is 24.5 Å². The monoisotopic (exact) mass is 461 g/mol. The minimum atomic E-state index is -4.40. The van der Waals surface area contributed by atoms with Crippen LogP contribution >= 0.6 is 0 Å². The van der Waals surface area contributed by atoms with Gasteiger partial charge in [0.1, 0.15) is 0 Å². The first kappa shape index (κ1) is 21.8. The molecule has 4 heterocycles. The van der Waals surface area contributed by atoms with E-state index >= 15 is 0 Å². The Kier molecular flexibility index (Phi) is 5.55. The van der Waals surface area contributed by atoms with E-state index in [1.54, 1.807) is 11.0 Å². The molecule has 3 aliphatic heterocycles. The highest BCUT2D eigenvalue weighted by molar-refractivity contribution is 5.83. The van der Waals surface area contributed by atoms with E-state index < -0.39 is 17.6 Å². The summed E-state index contributed by atoms with van der Waals surface area (Å²) in [5.41, 5.74) is 0.531. The first-order valence-corrected chi connectivity index (χ1v) is 10.9. The Balaban J connectivity index is 1.19. The molecule has 6 nitrogen and oxygen atoms in total. The second-order valence-corrected chi connectivity index (χ2v) is 8.77. The van der Waals surface area contributed by atoms with Gasteiger partial charge in [-0.1, -0.05) is 18.2 Å². The molecule has 2 saturated heterocycles. The maximum absolute atomic E-state index is 13.2. The van der Waals surface area contributed by atoms with E-state index in [9.17, 15) is 22.4 Å². The van der Waals surface area contributed by atoms with Crippen molar-refractivity contribution in [2.45, 2.75) is 31.1 Å². The zero-order valence-electron chi connectivity index (χ0n) is 17.8. The van der Waals surface area contributed by atoms with Gasteiger partial charge in [0.05, 0.1) is 24.5 Å². The van der Waals surface area contributed by atoms with E-state index in [2.05, 4.69) is 19.8 Å². The van der Waals surface area contributed by atoms with Crippen LogP contribution in [0.3, 0.4) is 0 Å². The van der Waals surface area contributed by atoms with Gasteiger partial charge in [0.25, 0.3) is 0 Å². The zero-order chi connectivity index (χ0) is 23.2. The lowest BCUT2D eigenvalue weighted by atomic mass is 10.0. The van der Waals surface area contributed by atoms with Crippen molar-refractivity contribution < 1.29 is 22.4 Å². The number of anilines is 1. The number of hydrogen-bond donors (Lipinski definition) is 0. The van der Waals surface area contributed by atoms with Crippen molar-refractivity contribution in [1.29, 1.82) is 0 Å². The van der Waals surface area contributed by atoms with Crippen LogP contribution in [0.15, 0.2) is 42.7 Å². The number of carbonyl (C=O) groups is 1. The average molecular weight is 461 g/mol. The molecule has 0 spiro atoms. The summed E-state index contributed by atoms with van der Waals surface area (Å²) in [5.74, 6) is 0.00232. The van der Waals surface area contributed by atoms with Gasteiger partial charge in [0.15, 0.2) is 5.82 Å². The fourth-order valence-electron chi connectivity index (χ4n) is 5.03. The summed E-state index contributed by atoms with van der Waals surface area (Å²) in [5, 5.41) is 0. The van der Waals surface area contributed by atoms with Gasteiger partial charge in [-0.05, 0) is 36.1 Å². The number of halogens is 4. The molecule has 2 atom stereocenters. The van der Waals surface area contributed by atoms with Gasteiger partial charge in [0, 0.05) is 38.3 Å². The Bertz CT molecular complexity index is 1060. The van der Waals surface area contributed by atoms with Gasteiger partial charge in [-0.3, -0.25) is 9.69 Å². The second kappa shape index (κ2) is 8.40. The fraction of sp³-hybridized carbons (Fsp3) is 0.435. The number of rotatable bonds is 4. The molecule has 0 radical (unpaired) electrons. The minimum Gasteiger partial charge on any atom is -0.334 e. The third-order valence-corrected chi connectivity index (χ3v) is 6.59. The van der Waals surface area contributed by atoms with Crippen LogP contribution in [0, 0.1) is 5.82 Å². The Labute approximate surface area is 188 Å². The lowest BCUT2D eigenvalue weighted by Crippen LogP contribution is -2.56. The number of piperazine rings is 1. The molecule has 33 heavy (non-hydrogen) atoms. The molecule has 2 bridgehead atoms. The van der Waals surface area contributed by atoms with E-state index in [1.165, 1.54) is 18.5 Å². The maximum atomic E-state index is 13.2. The van der Waals surface area contributed by atoms with Crippen molar-refractivity contribution >= 4 is 17.4 Å². The minimum absolute atomic E-state index is 0.0425. The summed E-state index contributed by atoms with van der Waals surface area (Å²) in [6.45, 7) is 2.32. The Morgan fingerprint density at radius 2 is 1.79 bits per heavy atom. The highest BCUT2D eigenvalue weighted by Gasteiger charge is 2.42. The number of alkyl halides is 3. The molecular formula is C23H23F4N5O. The summed E-state index contributed by atoms with van der Waals surface area (Å²) in [6, 6.07) is 5.55. The quantitative estimate of drug-likeness (QED) is 0.655. The topological polar surface area (TPSA) is 52.6 Å². The van der Waals surface area contributed by atoms with Crippen LogP contribution in [0.4, 0.5) is 23.5 Å². The third kappa shape index (κ3) is 4.44. The number of fused-ring (bicyclic) bond motifs is 2. The predicted octanol–water partition coefficient (Wildman–Crippen LogP) is 3.21. The van der Waals surface area contributed by atoms with Crippen LogP contribution in [0.25, 0.3) is 5.57 Å². The summed E-state index contributed by atoms with van der Waals surface area (Å²) in [6.07, 6.45) is 1.67. The van der Waals surface area contributed by atoms with Crippen LogP contribution in [0.1, 0.15) is 24.0 Å². The van der Waals surface area contributed by atoms with Crippen molar-refractivity contribution in [3.63, 3.8) is 0 Å². The van der Waals surface area contributed by atoms with Gasteiger partial charge >= 0.3 is 6.18 Å². The smallest absolute Gasteiger partial charge is 0.334 e. The van der Waals surface area contributed by atoms with Crippen molar-refractivity contribution in [1.82, 2.24) is 19.8 Å². The SMILES string of the molecule is O=C(CN1CC2CCC(C1)N2c1ncc(F)cn1)N1CC=C(c2cccc(C(F)(F)F)c2)C1. The molecule has 1 aromatic heterocycles. The molecular weight excluding hydrogens is 438 g/mol. The Hall–Kier alpha value is -3.01. The fourth-order valence-corrected chi connectivity index (χ4v) is 5.03. The summed E-state index contributed by atoms with van der Waals surface area (Å²) in [7, 11) is 0. The second-order valence-electron chi connectivity index (χ2n) is 8.77. The van der Waals surface area contributed by atoms with Gasteiger partial charge < -0.3 is 9.80 Å². The number of aromatic nitrogens is 2. The van der Waals surface area contributed by atoms with Gasteiger partial charge in [-0.25, -0.2) is 14.4 Å². The highest BCUT2D eigenvalue weighted by Crippen LogP contribution is 2.34. The van der Waals surface area contributed by atoms with E-state index in [4.69, 9.17) is 0 Å². The lowest BCUT2D eigenvalue weighted by molar-refractivity contribution is -0.137. The standard InChI is InChI=1S/C23H23F4N5O/c24-18-9-28-22(29-10-18)32-19-4-5-20(32)13-30(12-19)14-21(33)31-7-6-16(11-31)15-2-1-3-17(8-15)23(25,26)27/h1-3,6,8-10,19-20H,4-5,7,11-14H2. The molecule has 10 heteroatoms. The van der Waals surface area contributed by atoms with Crippen molar-refractivity contribution in [2.75, 3.05) is 37.6 Å². The van der Waals surface area contributed by atoms with E-state index in [0.29, 0.717) is 37.7 Å². The van der Waals surface area contributed by atoms with Crippen LogP contribution in [0.5, 0.6) is 0 Å². The number of benzene rings is 1. The molecule has 2 fully saturated rings. The Morgan fingerprint density at radius 1 is 1.09 bits per heavy atom. The Morgan fingerprint density at radius 3 is 2.45 bits per heavy atom. The summed E-state index contributed by atoms with van der Waals surface area (Å²) < 4.78 is 52.3. The molecule has 0 saturated carbocycles. The molecule has 2 aromatic rings. The molecule has 3 aliphatic rings. The van der Waals surface area contributed by atoms with Crippen LogP contribution in [0.2, 0.25) is 0 Å². The van der Waals surface area contributed by atoms with Gasteiger partial charge in [-0.2, -0.15) is 13.2 Å². The number of nitrogens with zero attached hydrogens (tertiary/aromatic N) is 5. The van der Waals surface area contributed by atoms with Gasteiger partial charge in [-0.15, -0.1) is 0 Å². The number of carbonyl (C=O) groups excluding carboxylic acids is 1. The number of likely N-dealkylation sites (tertiary alicyclic amines) is 1. The lowest BCUT2D eigenvalue weighted by Gasteiger charge is -2.41. The molecule has 0 N–H and O–H groups in total. The largest absolute Gasteiger partial charge is 0.416 e.